The van der Waals surface area contributed by atoms with Gasteiger partial charge in [-0.2, -0.15) is 0 Å². The van der Waals surface area contributed by atoms with E-state index in [0.717, 1.165) is 49.8 Å². The van der Waals surface area contributed by atoms with Gasteiger partial charge in [-0.3, -0.25) is 9.69 Å². The zero-order chi connectivity index (χ0) is 20.9. The fourth-order valence-corrected chi connectivity index (χ4v) is 3.72. The average Bonchev–Trinajstić information content (AvgIpc) is 3.02. The van der Waals surface area contributed by atoms with Crippen molar-refractivity contribution in [3.63, 3.8) is 0 Å². The van der Waals surface area contributed by atoms with Crippen molar-refractivity contribution in [2.75, 3.05) is 19.6 Å². The van der Waals surface area contributed by atoms with Crippen LogP contribution in [0.4, 0.5) is 0 Å². The van der Waals surface area contributed by atoms with Gasteiger partial charge in [0.05, 0.1) is 0 Å². The first kappa shape index (κ1) is 20.1. The van der Waals surface area contributed by atoms with Crippen molar-refractivity contribution in [3.05, 3.63) is 76.9 Å². The van der Waals surface area contributed by atoms with E-state index in [1.807, 2.05) is 43.3 Å². The van der Waals surface area contributed by atoms with Crippen molar-refractivity contribution < 1.29 is 9.90 Å². The predicted octanol–water partition coefficient (Wildman–Crippen LogP) is 2.32. The van der Waals surface area contributed by atoms with Gasteiger partial charge in [-0.1, -0.05) is 29.8 Å². The highest BCUT2D eigenvalue weighted by Gasteiger charge is 2.19. The number of carbonyl (C=O) groups excluding carboxylic acids is 1. The van der Waals surface area contributed by atoms with Gasteiger partial charge in [0, 0.05) is 51.1 Å². The number of phenolic OH excluding ortho intramolecular Hbond substituents is 1. The molecule has 2 aromatic carbocycles. The van der Waals surface area contributed by atoms with Crippen molar-refractivity contribution in [3.8, 4) is 5.75 Å². The standard InChI is InChI=1S/C23H27N5O2/c1-17-2-6-19(7-3-17)23(30)24-12-10-21-25-26-22-11-13-27(14-15-28(21)22)16-18-4-8-20(29)9-5-18/h2-9,29H,10-16H2,1H3,(H,24,30). The van der Waals surface area contributed by atoms with Crippen molar-refractivity contribution >= 4 is 5.91 Å². The lowest BCUT2D eigenvalue weighted by Crippen LogP contribution is -2.28. The number of nitrogens with one attached hydrogen (secondary N) is 1. The Kier molecular flexibility index (Phi) is 6.09. The summed E-state index contributed by atoms with van der Waals surface area (Å²) in [6.07, 6.45) is 1.50. The van der Waals surface area contributed by atoms with Gasteiger partial charge in [0.2, 0.25) is 0 Å². The number of hydrogen-bond donors (Lipinski definition) is 2. The highest BCUT2D eigenvalue weighted by Crippen LogP contribution is 2.15. The number of carbonyl (C=O) groups is 1. The lowest BCUT2D eigenvalue weighted by Gasteiger charge is -2.19. The van der Waals surface area contributed by atoms with Crippen LogP contribution in [0.3, 0.4) is 0 Å². The van der Waals surface area contributed by atoms with Crippen molar-refractivity contribution in [2.45, 2.75) is 32.9 Å². The molecule has 1 aromatic heterocycles. The predicted molar refractivity (Wildman–Crippen MR) is 114 cm³/mol. The number of amides is 1. The summed E-state index contributed by atoms with van der Waals surface area (Å²) in [6.45, 7) is 6.05. The Morgan fingerprint density at radius 3 is 2.57 bits per heavy atom. The molecule has 2 heterocycles. The largest absolute Gasteiger partial charge is 0.508 e. The van der Waals surface area contributed by atoms with Gasteiger partial charge in [0.25, 0.3) is 5.91 Å². The number of nitrogens with zero attached hydrogens (tertiary/aromatic N) is 4. The van der Waals surface area contributed by atoms with E-state index >= 15 is 0 Å². The topological polar surface area (TPSA) is 83.3 Å². The lowest BCUT2D eigenvalue weighted by molar-refractivity contribution is 0.0954. The Bertz CT molecular complexity index is 995. The van der Waals surface area contributed by atoms with Crippen LogP contribution in [0.5, 0.6) is 5.75 Å². The number of hydrogen-bond acceptors (Lipinski definition) is 5. The molecule has 4 rings (SSSR count). The Morgan fingerprint density at radius 2 is 1.80 bits per heavy atom. The van der Waals surface area contributed by atoms with Crippen LogP contribution in [0.15, 0.2) is 48.5 Å². The van der Waals surface area contributed by atoms with Crippen LogP contribution in [-0.2, 0) is 25.9 Å². The lowest BCUT2D eigenvalue weighted by atomic mass is 10.1. The van der Waals surface area contributed by atoms with Crippen molar-refractivity contribution in [1.82, 2.24) is 25.0 Å². The van der Waals surface area contributed by atoms with E-state index in [1.165, 1.54) is 5.56 Å². The summed E-state index contributed by atoms with van der Waals surface area (Å²) in [4.78, 5) is 14.7. The zero-order valence-corrected chi connectivity index (χ0v) is 17.2. The summed E-state index contributed by atoms with van der Waals surface area (Å²) in [6, 6.07) is 14.9. The molecule has 0 atom stereocenters. The minimum absolute atomic E-state index is 0.0642. The molecule has 1 aliphatic heterocycles. The Hall–Kier alpha value is -3.19. The third-order valence-corrected chi connectivity index (χ3v) is 5.49. The van der Waals surface area contributed by atoms with E-state index in [2.05, 4.69) is 25.0 Å². The summed E-state index contributed by atoms with van der Waals surface area (Å²) in [5.74, 6) is 2.15. The monoisotopic (exact) mass is 405 g/mol. The number of aromatic hydroxyl groups is 1. The second-order valence-corrected chi connectivity index (χ2v) is 7.75. The van der Waals surface area contributed by atoms with E-state index in [4.69, 9.17) is 0 Å². The van der Waals surface area contributed by atoms with Gasteiger partial charge in [0.15, 0.2) is 0 Å². The number of benzene rings is 2. The van der Waals surface area contributed by atoms with Gasteiger partial charge < -0.3 is 15.0 Å². The Morgan fingerprint density at radius 1 is 1.03 bits per heavy atom. The molecule has 0 saturated carbocycles. The summed E-state index contributed by atoms with van der Waals surface area (Å²) in [7, 11) is 0. The number of aromatic nitrogens is 3. The van der Waals surface area contributed by atoms with Crippen LogP contribution in [0.2, 0.25) is 0 Å². The normalized spacial score (nSPS) is 14.2. The first-order chi connectivity index (χ1) is 14.6. The smallest absolute Gasteiger partial charge is 0.251 e. The third-order valence-electron chi connectivity index (χ3n) is 5.49. The fraction of sp³-hybridized carbons (Fsp3) is 0.348. The first-order valence-corrected chi connectivity index (χ1v) is 10.3. The molecule has 1 aliphatic rings. The molecule has 0 unspecified atom stereocenters. The van der Waals surface area contributed by atoms with E-state index < -0.39 is 0 Å². The maximum atomic E-state index is 12.3. The number of fused-ring (bicyclic) bond motifs is 1. The molecule has 0 aliphatic carbocycles. The van der Waals surface area contributed by atoms with Gasteiger partial charge in [-0.05, 0) is 36.8 Å². The van der Waals surface area contributed by atoms with Gasteiger partial charge in [-0.15, -0.1) is 10.2 Å². The summed E-state index contributed by atoms with van der Waals surface area (Å²) in [5.41, 5.74) is 2.99. The van der Waals surface area contributed by atoms with Gasteiger partial charge >= 0.3 is 0 Å². The quantitative estimate of drug-likeness (QED) is 0.658. The molecule has 7 heteroatoms. The van der Waals surface area contributed by atoms with Crippen LogP contribution in [0.25, 0.3) is 0 Å². The number of aryl methyl sites for hydroxylation is 1. The maximum absolute atomic E-state index is 12.3. The number of rotatable bonds is 6. The van der Waals surface area contributed by atoms with Crippen LogP contribution in [-0.4, -0.2) is 50.3 Å². The van der Waals surface area contributed by atoms with Crippen molar-refractivity contribution in [2.24, 2.45) is 0 Å². The average molecular weight is 406 g/mol. The molecule has 0 spiro atoms. The number of phenols is 1. The second-order valence-electron chi connectivity index (χ2n) is 7.75. The summed E-state index contributed by atoms with van der Waals surface area (Å²) < 4.78 is 2.19. The van der Waals surface area contributed by atoms with E-state index in [9.17, 15) is 9.90 Å². The van der Waals surface area contributed by atoms with Gasteiger partial charge in [-0.25, -0.2) is 0 Å². The highest BCUT2D eigenvalue weighted by molar-refractivity contribution is 5.94. The van der Waals surface area contributed by atoms with Crippen LogP contribution in [0.1, 0.15) is 33.1 Å². The minimum Gasteiger partial charge on any atom is -0.508 e. The Labute approximate surface area is 176 Å². The highest BCUT2D eigenvalue weighted by atomic mass is 16.3. The molecule has 2 N–H and O–H groups in total. The van der Waals surface area contributed by atoms with Gasteiger partial charge in [0.1, 0.15) is 17.4 Å². The van der Waals surface area contributed by atoms with Crippen LogP contribution >= 0.6 is 0 Å². The Balaban J connectivity index is 1.31. The SMILES string of the molecule is Cc1ccc(C(=O)NCCc2nnc3n2CCN(Cc2ccc(O)cc2)CC3)cc1. The third kappa shape index (κ3) is 4.86. The molecular weight excluding hydrogens is 378 g/mol. The summed E-state index contributed by atoms with van der Waals surface area (Å²) in [5, 5.41) is 21.2. The van der Waals surface area contributed by atoms with Crippen LogP contribution in [0, 0.1) is 6.92 Å². The molecule has 156 valence electrons. The van der Waals surface area contributed by atoms with E-state index in [1.54, 1.807) is 12.1 Å². The summed E-state index contributed by atoms with van der Waals surface area (Å²) >= 11 is 0. The molecule has 0 fully saturated rings. The van der Waals surface area contributed by atoms with Crippen molar-refractivity contribution in [1.29, 1.82) is 0 Å². The second kappa shape index (κ2) is 9.09. The zero-order valence-electron chi connectivity index (χ0n) is 17.2. The molecule has 3 aromatic rings. The minimum atomic E-state index is -0.0642. The fourth-order valence-electron chi connectivity index (χ4n) is 3.72. The molecule has 7 nitrogen and oxygen atoms in total. The van der Waals surface area contributed by atoms with Crippen LogP contribution < -0.4 is 5.32 Å². The molecule has 0 saturated heterocycles. The molecule has 0 radical (unpaired) electrons. The molecule has 0 bridgehead atoms. The first-order valence-electron chi connectivity index (χ1n) is 10.3. The molecule has 30 heavy (non-hydrogen) atoms. The molecular formula is C23H27N5O2. The van der Waals surface area contributed by atoms with E-state index in [0.29, 0.717) is 24.3 Å². The maximum Gasteiger partial charge on any atom is 0.251 e. The van der Waals surface area contributed by atoms with E-state index in [-0.39, 0.29) is 5.91 Å². The molecule has 1 amide bonds.